The molecule has 0 aliphatic carbocycles. The highest BCUT2D eigenvalue weighted by atomic mass is 16.4. The molecule has 29 heavy (non-hydrogen) atoms. The van der Waals surface area contributed by atoms with Crippen LogP contribution in [-0.4, -0.2) is 41.5 Å². The van der Waals surface area contributed by atoms with E-state index in [4.69, 9.17) is 4.42 Å². The third-order valence-electron chi connectivity index (χ3n) is 5.43. The van der Waals surface area contributed by atoms with Gasteiger partial charge in [0, 0.05) is 30.3 Å². The number of piperidine rings is 1. The summed E-state index contributed by atoms with van der Waals surface area (Å²) in [5.41, 5.74) is 2.28. The van der Waals surface area contributed by atoms with Gasteiger partial charge in [0.2, 0.25) is 5.89 Å². The molecule has 2 heterocycles. The molecule has 4 rings (SSSR count). The zero-order valence-electron chi connectivity index (χ0n) is 16.8. The lowest BCUT2D eigenvalue weighted by Gasteiger charge is -2.32. The summed E-state index contributed by atoms with van der Waals surface area (Å²) < 4.78 is 5.98. The molecule has 1 fully saturated rings. The normalized spacial score (nSPS) is 15.3. The average Bonchev–Trinajstić information content (AvgIpc) is 3.26. The van der Waals surface area contributed by atoms with E-state index in [1.807, 2.05) is 54.6 Å². The number of nitrogens with zero attached hydrogens (tertiary/aromatic N) is 2. The summed E-state index contributed by atoms with van der Waals surface area (Å²) in [5.74, 6) is 1.10. The van der Waals surface area contributed by atoms with Gasteiger partial charge in [0.25, 0.3) is 5.91 Å². The third kappa shape index (κ3) is 4.57. The fraction of sp³-hybridized carbons (Fsp3) is 0.333. The Morgan fingerprint density at radius 1 is 1.10 bits per heavy atom. The molecule has 3 aromatic rings. The van der Waals surface area contributed by atoms with Gasteiger partial charge in [-0.2, -0.15) is 0 Å². The topological polar surface area (TPSA) is 58.4 Å². The van der Waals surface area contributed by atoms with Crippen LogP contribution in [0.1, 0.15) is 36.5 Å². The standard InChI is InChI=1S/C24H27N3O2/c1-2-14-27-15-12-19(13-16-27)26-23(28)20-10-6-7-11-21(20)24-25-17-22(29-24)18-8-4-3-5-9-18/h3-11,17,19H,2,12-16H2,1H3,(H,26,28). The van der Waals surface area contributed by atoms with E-state index in [0.717, 1.165) is 43.6 Å². The van der Waals surface area contributed by atoms with Crippen molar-refractivity contribution in [3.8, 4) is 22.8 Å². The van der Waals surface area contributed by atoms with E-state index in [0.29, 0.717) is 17.2 Å². The fourth-order valence-corrected chi connectivity index (χ4v) is 3.88. The first kappa shape index (κ1) is 19.4. The van der Waals surface area contributed by atoms with Gasteiger partial charge in [-0.05, 0) is 37.9 Å². The maximum Gasteiger partial charge on any atom is 0.252 e. The molecule has 0 atom stereocenters. The first-order chi connectivity index (χ1) is 14.2. The second kappa shape index (κ2) is 9.05. The Balaban J connectivity index is 1.49. The smallest absolute Gasteiger partial charge is 0.252 e. The molecule has 1 N–H and O–H groups in total. The first-order valence-electron chi connectivity index (χ1n) is 10.4. The summed E-state index contributed by atoms with van der Waals surface area (Å²) >= 11 is 0. The summed E-state index contributed by atoms with van der Waals surface area (Å²) in [4.78, 5) is 19.9. The zero-order chi connectivity index (χ0) is 20.1. The Hall–Kier alpha value is -2.92. The minimum Gasteiger partial charge on any atom is -0.436 e. The predicted molar refractivity (Wildman–Crippen MR) is 115 cm³/mol. The van der Waals surface area contributed by atoms with Crippen LogP contribution in [0, 0.1) is 0 Å². The summed E-state index contributed by atoms with van der Waals surface area (Å²) in [7, 11) is 0. The molecule has 1 saturated heterocycles. The average molecular weight is 389 g/mol. The van der Waals surface area contributed by atoms with Gasteiger partial charge in [0.05, 0.1) is 11.8 Å². The Labute approximate surface area is 171 Å². The van der Waals surface area contributed by atoms with Gasteiger partial charge in [-0.15, -0.1) is 0 Å². The molecule has 0 unspecified atom stereocenters. The molecule has 1 amide bonds. The minimum atomic E-state index is -0.0611. The van der Waals surface area contributed by atoms with Gasteiger partial charge in [0.1, 0.15) is 0 Å². The Bertz CT molecular complexity index is 944. The van der Waals surface area contributed by atoms with Crippen molar-refractivity contribution in [2.24, 2.45) is 0 Å². The van der Waals surface area contributed by atoms with Gasteiger partial charge in [-0.25, -0.2) is 4.98 Å². The van der Waals surface area contributed by atoms with Crippen LogP contribution in [0.25, 0.3) is 22.8 Å². The van der Waals surface area contributed by atoms with Crippen LogP contribution >= 0.6 is 0 Å². The van der Waals surface area contributed by atoms with E-state index < -0.39 is 0 Å². The molecule has 1 aromatic heterocycles. The number of benzene rings is 2. The lowest BCUT2D eigenvalue weighted by molar-refractivity contribution is 0.0911. The van der Waals surface area contributed by atoms with Crippen molar-refractivity contribution in [2.45, 2.75) is 32.2 Å². The van der Waals surface area contributed by atoms with Crippen molar-refractivity contribution < 1.29 is 9.21 Å². The van der Waals surface area contributed by atoms with Crippen LogP contribution in [0.2, 0.25) is 0 Å². The maximum absolute atomic E-state index is 13.0. The highest BCUT2D eigenvalue weighted by Crippen LogP contribution is 2.28. The highest BCUT2D eigenvalue weighted by molar-refractivity contribution is 6.00. The summed E-state index contributed by atoms with van der Waals surface area (Å²) in [6.07, 6.45) is 4.87. The monoisotopic (exact) mass is 389 g/mol. The minimum absolute atomic E-state index is 0.0611. The zero-order valence-corrected chi connectivity index (χ0v) is 16.8. The molecule has 150 valence electrons. The summed E-state index contributed by atoms with van der Waals surface area (Å²) in [6.45, 7) is 5.43. The Morgan fingerprint density at radius 2 is 1.83 bits per heavy atom. The van der Waals surface area contributed by atoms with Crippen molar-refractivity contribution in [3.63, 3.8) is 0 Å². The highest BCUT2D eigenvalue weighted by Gasteiger charge is 2.23. The molecule has 5 heteroatoms. The second-order valence-corrected chi connectivity index (χ2v) is 7.53. The molecule has 0 radical (unpaired) electrons. The van der Waals surface area contributed by atoms with E-state index in [-0.39, 0.29) is 11.9 Å². The van der Waals surface area contributed by atoms with E-state index >= 15 is 0 Å². The lowest BCUT2D eigenvalue weighted by atomic mass is 10.0. The van der Waals surface area contributed by atoms with E-state index in [2.05, 4.69) is 22.1 Å². The van der Waals surface area contributed by atoms with Gasteiger partial charge in [-0.1, -0.05) is 49.4 Å². The van der Waals surface area contributed by atoms with Gasteiger partial charge in [-0.3, -0.25) is 4.79 Å². The fourth-order valence-electron chi connectivity index (χ4n) is 3.88. The van der Waals surface area contributed by atoms with Crippen LogP contribution in [0.15, 0.2) is 65.2 Å². The molecular weight excluding hydrogens is 362 g/mol. The number of carbonyl (C=O) groups is 1. The lowest BCUT2D eigenvalue weighted by Crippen LogP contribution is -2.44. The number of amides is 1. The molecule has 0 spiro atoms. The number of nitrogens with one attached hydrogen (secondary N) is 1. The number of hydrogen-bond donors (Lipinski definition) is 1. The number of oxazole rings is 1. The number of hydrogen-bond acceptors (Lipinski definition) is 4. The number of aromatic nitrogens is 1. The first-order valence-corrected chi connectivity index (χ1v) is 10.4. The van der Waals surface area contributed by atoms with E-state index in [9.17, 15) is 4.79 Å². The van der Waals surface area contributed by atoms with Crippen LogP contribution < -0.4 is 5.32 Å². The Morgan fingerprint density at radius 3 is 2.59 bits per heavy atom. The number of carbonyl (C=O) groups excluding carboxylic acids is 1. The number of rotatable bonds is 6. The molecule has 0 saturated carbocycles. The molecular formula is C24H27N3O2. The summed E-state index contributed by atoms with van der Waals surface area (Å²) in [6, 6.07) is 17.6. The quantitative estimate of drug-likeness (QED) is 0.669. The van der Waals surface area contributed by atoms with Crippen LogP contribution in [0.4, 0.5) is 0 Å². The van der Waals surface area contributed by atoms with Crippen LogP contribution in [0.3, 0.4) is 0 Å². The predicted octanol–water partition coefficient (Wildman–Crippen LogP) is 4.61. The SMILES string of the molecule is CCCN1CCC(NC(=O)c2ccccc2-c2ncc(-c3ccccc3)o2)CC1. The molecule has 1 aliphatic heterocycles. The summed E-state index contributed by atoms with van der Waals surface area (Å²) in [5, 5.41) is 3.21. The van der Waals surface area contributed by atoms with Crippen LogP contribution in [0.5, 0.6) is 0 Å². The number of likely N-dealkylation sites (tertiary alicyclic amines) is 1. The maximum atomic E-state index is 13.0. The van der Waals surface area contributed by atoms with Crippen molar-refractivity contribution >= 4 is 5.91 Å². The molecule has 5 nitrogen and oxygen atoms in total. The Kier molecular flexibility index (Phi) is 6.06. The van der Waals surface area contributed by atoms with Crippen molar-refractivity contribution in [2.75, 3.05) is 19.6 Å². The van der Waals surface area contributed by atoms with Gasteiger partial charge in [0.15, 0.2) is 5.76 Å². The van der Waals surface area contributed by atoms with Crippen molar-refractivity contribution in [1.82, 2.24) is 15.2 Å². The van der Waals surface area contributed by atoms with E-state index in [1.54, 1.807) is 6.20 Å². The van der Waals surface area contributed by atoms with Crippen LogP contribution in [-0.2, 0) is 0 Å². The largest absolute Gasteiger partial charge is 0.436 e. The molecule has 2 aromatic carbocycles. The van der Waals surface area contributed by atoms with Crippen molar-refractivity contribution in [3.05, 3.63) is 66.4 Å². The second-order valence-electron chi connectivity index (χ2n) is 7.53. The van der Waals surface area contributed by atoms with Gasteiger partial charge >= 0.3 is 0 Å². The molecule has 1 aliphatic rings. The van der Waals surface area contributed by atoms with Gasteiger partial charge < -0.3 is 14.6 Å². The third-order valence-corrected chi connectivity index (χ3v) is 5.43. The van der Waals surface area contributed by atoms with Crippen molar-refractivity contribution in [1.29, 1.82) is 0 Å². The van der Waals surface area contributed by atoms with E-state index in [1.165, 1.54) is 6.42 Å². The molecule has 0 bridgehead atoms.